The van der Waals surface area contributed by atoms with Crippen LogP contribution in [0.3, 0.4) is 0 Å². The van der Waals surface area contributed by atoms with Gasteiger partial charge in [0.05, 0.1) is 74.1 Å². The number of anilines is 1. The molecule has 1 unspecified atom stereocenters. The Labute approximate surface area is 407 Å². The maximum Gasteiger partial charge on any atom is 0.312 e. The maximum atomic E-state index is 14.2. The minimum atomic E-state index is -1.20. The van der Waals surface area contributed by atoms with E-state index in [1.165, 1.54) is 12.7 Å². The van der Waals surface area contributed by atoms with Gasteiger partial charge in [-0.3, -0.25) is 24.4 Å². The van der Waals surface area contributed by atoms with Crippen molar-refractivity contribution in [3.05, 3.63) is 100 Å². The third-order valence-electron chi connectivity index (χ3n) is 13.3. The summed E-state index contributed by atoms with van der Waals surface area (Å²) < 4.78 is 23.8. The highest BCUT2D eigenvalue weighted by Crippen LogP contribution is 2.40. The topological polar surface area (TPSA) is 245 Å². The number of hydrogen-bond donors (Lipinski definition) is 6. The Morgan fingerprint density at radius 1 is 0.743 bits per heavy atom. The SMILES string of the molecule is COc1cc2c(cc1OCCCCCOc1cc3c(cc1OC)C(=O)N1Cc4cc(NC(O)[C@H](CCCNC(N)=O)NC(=O)[C@@H](N)C(C)C)ccc4C[C@@H]1C=N3)N=C[C@@H]1Cc3ccccc3CN1C2=O. The number of methoxy groups -OCH3 is 2. The van der Waals surface area contributed by atoms with Crippen molar-refractivity contribution in [1.82, 2.24) is 20.4 Å². The number of carbonyl (C=O) groups excluding carboxylic acids is 4. The molecule has 370 valence electrons. The average Bonchev–Trinajstić information content (AvgIpc) is 3.57. The molecule has 0 fully saturated rings. The Kier molecular flexibility index (Phi) is 15.5. The van der Waals surface area contributed by atoms with Crippen molar-refractivity contribution in [2.45, 2.75) is 102 Å². The molecular formula is C52H63N9O9. The summed E-state index contributed by atoms with van der Waals surface area (Å²) in [4.78, 5) is 65.3. The normalized spacial score (nSPS) is 17.8. The molecule has 0 saturated heterocycles. The summed E-state index contributed by atoms with van der Waals surface area (Å²) in [6.45, 7) is 5.59. The quantitative estimate of drug-likeness (QED) is 0.0474. The second-order valence-corrected chi connectivity index (χ2v) is 18.4. The molecule has 5 atom stereocenters. The van der Waals surface area contributed by atoms with E-state index in [4.69, 9.17) is 40.4 Å². The van der Waals surface area contributed by atoms with Gasteiger partial charge in [0.15, 0.2) is 23.0 Å². The predicted octanol–water partition coefficient (Wildman–Crippen LogP) is 5.54. The number of carbonyl (C=O) groups is 4. The van der Waals surface area contributed by atoms with E-state index in [-0.39, 0.29) is 36.4 Å². The van der Waals surface area contributed by atoms with Crippen LogP contribution in [-0.4, -0.2) is 115 Å². The lowest BCUT2D eigenvalue weighted by Crippen LogP contribution is -2.53. The third-order valence-corrected chi connectivity index (χ3v) is 13.3. The van der Waals surface area contributed by atoms with Crippen LogP contribution in [0.25, 0.3) is 0 Å². The maximum absolute atomic E-state index is 14.2. The number of primary amides is 1. The van der Waals surface area contributed by atoms with Gasteiger partial charge in [0.2, 0.25) is 5.91 Å². The number of fused-ring (bicyclic) bond motifs is 6. The number of rotatable bonds is 20. The largest absolute Gasteiger partial charge is 0.493 e. The fourth-order valence-electron chi connectivity index (χ4n) is 9.24. The Bertz CT molecular complexity index is 2660. The van der Waals surface area contributed by atoms with Gasteiger partial charge in [-0.05, 0) is 97.4 Å². The Morgan fingerprint density at radius 2 is 1.30 bits per heavy atom. The van der Waals surface area contributed by atoms with Gasteiger partial charge < -0.3 is 61.3 Å². The Balaban J connectivity index is 0.847. The standard InChI is InChI=1S/C52H63N9O9/c1-30(2)47(53)49(63)59-40(13-10-16-55-52(54)66)48(62)58-35-15-14-32-21-37-27-57-42-25-46(44(68-4)23-39(42)51(65)61(37)29-34(32)19-35)70-18-9-5-8-17-69-45-24-41-38(22-43(45)67-3)50(64)60-28-33-12-7-6-11-31(33)20-36(60)26-56-41/h6-7,11-12,14-15,19,22-27,30,36-37,40,47-48,58,62H,5,8-10,13,16-18,20-21,28-29,53H2,1-4H3,(H,59,63)(H3,54,55,66)/t36-,37+,40-,47-,48?/m0/s1. The van der Waals surface area contributed by atoms with E-state index in [1.54, 1.807) is 42.5 Å². The highest BCUT2D eigenvalue weighted by molar-refractivity contribution is 6.04. The van der Waals surface area contributed by atoms with Crippen molar-refractivity contribution in [3.63, 3.8) is 0 Å². The van der Waals surface area contributed by atoms with E-state index in [9.17, 15) is 24.3 Å². The number of amides is 5. The smallest absolute Gasteiger partial charge is 0.312 e. The predicted molar refractivity (Wildman–Crippen MR) is 266 cm³/mol. The van der Waals surface area contributed by atoms with E-state index < -0.39 is 30.2 Å². The first-order chi connectivity index (χ1) is 33.8. The van der Waals surface area contributed by atoms with Crippen molar-refractivity contribution in [2.75, 3.05) is 39.3 Å². The average molecular weight is 958 g/mol. The van der Waals surface area contributed by atoms with Gasteiger partial charge in [0.1, 0.15) is 6.23 Å². The van der Waals surface area contributed by atoms with Crippen molar-refractivity contribution >= 4 is 53.2 Å². The molecule has 8 N–H and O–H groups in total. The molecule has 4 aromatic rings. The lowest BCUT2D eigenvalue weighted by molar-refractivity contribution is -0.124. The number of benzene rings is 4. The van der Waals surface area contributed by atoms with Crippen LogP contribution in [0.1, 0.15) is 88.9 Å². The second kappa shape index (κ2) is 22.1. The lowest BCUT2D eigenvalue weighted by Gasteiger charge is -2.34. The molecule has 0 bridgehead atoms. The van der Waals surface area contributed by atoms with Crippen LogP contribution < -0.4 is 46.4 Å². The van der Waals surface area contributed by atoms with Crippen LogP contribution in [0, 0.1) is 5.92 Å². The number of hydrogen-bond acceptors (Lipinski definition) is 13. The number of aliphatic imine (C=N–C) groups is 2. The van der Waals surface area contributed by atoms with E-state index in [1.807, 2.05) is 55.3 Å². The molecule has 8 rings (SSSR count). The minimum absolute atomic E-state index is 0.0830. The van der Waals surface area contributed by atoms with Crippen LogP contribution in [0.5, 0.6) is 23.0 Å². The Morgan fingerprint density at radius 3 is 1.86 bits per heavy atom. The molecule has 18 heteroatoms. The number of urea groups is 1. The number of nitrogens with two attached hydrogens (primary N) is 2. The molecule has 0 aliphatic carbocycles. The van der Waals surface area contributed by atoms with Gasteiger partial charge in [-0.2, -0.15) is 0 Å². The molecule has 4 aromatic carbocycles. The van der Waals surface area contributed by atoms with Gasteiger partial charge in [-0.25, -0.2) is 4.79 Å². The zero-order chi connectivity index (χ0) is 49.5. The first kappa shape index (κ1) is 49.2. The summed E-state index contributed by atoms with van der Waals surface area (Å²) in [6.07, 6.45) is 6.75. The number of nitrogens with zero attached hydrogens (tertiary/aromatic N) is 4. The molecule has 0 saturated carbocycles. The highest BCUT2D eigenvalue weighted by atomic mass is 16.5. The fraction of sp³-hybridized carbons (Fsp3) is 0.423. The fourth-order valence-corrected chi connectivity index (χ4v) is 9.24. The molecule has 0 aromatic heterocycles. The first-order valence-corrected chi connectivity index (χ1v) is 23.9. The number of ether oxygens (including phenoxy) is 4. The van der Waals surface area contributed by atoms with Crippen LogP contribution in [-0.2, 0) is 30.7 Å². The van der Waals surface area contributed by atoms with E-state index in [0.717, 1.165) is 36.0 Å². The van der Waals surface area contributed by atoms with Gasteiger partial charge in [-0.1, -0.05) is 44.2 Å². The second-order valence-electron chi connectivity index (χ2n) is 18.4. The molecule has 4 aliphatic heterocycles. The van der Waals surface area contributed by atoms with E-state index in [0.29, 0.717) is 103 Å². The lowest BCUT2D eigenvalue weighted by atomic mass is 9.93. The van der Waals surface area contributed by atoms with Crippen LogP contribution in [0.4, 0.5) is 21.9 Å². The molecule has 4 heterocycles. The monoisotopic (exact) mass is 957 g/mol. The first-order valence-electron chi connectivity index (χ1n) is 23.9. The summed E-state index contributed by atoms with van der Waals surface area (Å²) in [5.74, 6) is 1.11. The van der Waals surface area contributed by atoms with Crippen molar-refractivity contribution in [1.29, 1.82) is 0 Å². The van der Waals surface area contributed by atoms with Crippen molar-refractivity contribution < 1.29 is 43.2 Å². The van der Waals surface area contributed by atoms with Gasteiger partial charge in [0.25, 0.3) is 11.8 Å². The van der Waals surface area contributed by atoms with E-state index >= 15 is 0 Å². The number of aliphatic hydroxyl groups excluding tert-OH is 1. The highest BCUT2D eigenvalue weighted by Gasteiger charge is 2.35. The van der Waals surface area contributed by atoms with Crippen LogP contribution >= 0.6 is 0 Å². The molecule has 5 amide bonds. The molecule has 0 spiro atoms. The molecule has 18 nitrogen and oxygen atoms in total. The Hall–Kier alpha value is -7.18. The van der Waals surface area contributed by atoms with Gasteiger partial charge in [-0.15, -0.1) is 0 Å². The molecule has 0 radical (unpaired) electrons. The summed E-state index contributed by atoms with van der Waals surface area (Å²) in [5, 5.41) is 19.8. The third kappa shape index (κ3) is 11.1. The minimum Gasteiger partial charge on any atom is -0.493 e. The number of aliphatic hydroxyl groups is 1. The number of unbranched alkanes of at least 4 members (excludes halogenated alkanes) is 2. The summed E-state index contributed by atoms with van der Waals surface area (Å²) >= 11 is 0. The molecular weight excluding hydrogens is 895 g/mol. The number of nitrogens with one attached hydrogen (secondary N) is 3. The van der Waals surface area contributed by atoms with Gasteiger partial charge in [0, 0.05) is 49.9 Å². The van der Waals surface area contributed by atoms with Gasteiger partial charge >= 0.3 is 6.03 Å². The van der Waals surface area contributed by atoms with Crippen LogP contribution in [0.15, 0.2) is 76.7 Å². The summed E-state index contributed by atoms with van der Waals surface area (Å²) in [5.41, 5.74) is 18.1. The van der Waals surface area contributed by atoms with E-state index in [2.05, 4.69) is 28.1 Å². The zero-order valence-electron chi connectivity index (χ0n) is 40.1. The summed E-state index contributed by atoms with van der Waals surface area (Å²) in [6, 6.07) is 18.3. The van der Waals surface area contributed by atoms with Crippen molar-refractivity contribution in [2.24, 2.45) is 27.4 Å². The summed E-state index contributed by atoms with van der Waals surface area (Å²) in [7, 11) is 3.10. The van der Waals surface area contributed by atoms with Crippen LogP contribution in [0.2, 0.25) is 0 Å². The zero-order valence-corrected chi connectivity index (χ0v) is 40.1. The molecule has 4 aliphatic rings. The van der Waals surface area contributed by atoms with Crippen molar-refractivity contribution in [3.8, 4) is 23.0 Å². The molecule has 70 heavy (non-hydrogen) atoms.